The van der Waals surface area contributed by atoms with Crippen LogP contribution in [0.1, 0.15) is 42.1 Å². The van der Waals surface area contributed by atoms with Gasteiger partial charge in [-0.05, 0) is 43.0 Å². The molecule has 2 aromatic rings. The fourth-order valence-corrected chi connectivity index (χ4v) is 2.71. The van der Waals surface area contributed by atoms with E-state index >= 15 is 0 Å². The van der Waals surface area contributed by atoms with Crippen LogP contribution in [0.2, 0.25) is 0 Å². The van der Waals surface area contributed by atoms with Gasteiger partial charge >= 0.3 is 0 Å². The normalized spacial score (nSPS) is 12.2. The van der Waals surface area contributed by atoms with Gasteiger partial charge in [-0.3, -0.25) is 0 Å². The summed E-state index contributed by atoms with van der Waals surface area (Å²) in [6, 6.07) is 16.4. The van der Waals surface area contributed by atoms with Crippen molar-refractivity contribution in [3.63, 3.8) is 0 Å². The van der Waals surface area contributed by atoms with Crippen molar-refractivity contribution in [3.8, 4) is 0 Å². The summed E-state index contributed by atoms with van der Waals surface area (Å²) in [6.07, 6.45) is 0. The zero-order valence-electron chi connectivity index (χ0n) is 15.1. The SMILES string of the molecule is CCNC(=NCc1ccccc1CO)NC(C)c1ccccc1C.I. The average Bonchev–Trinajstić information content (AvgIpc) is 2.60. The van der Waals surface area contributed by atoms with Crippen LogP contribution in [0, 0.1) is 6.92 Å². The molecule has 1 atom stereocenters. The maximum atomic E-state index is 9.43. The molecule has 0 aliphatic rings. The first-order chi connectivity index (χ1) is 11.7. The number of rotatable bonds is 6. The minimum absolute atomic E-state index is 0. The Hall–Kier alpha value is -1.60. The van der Waals surface area contributed by atoms with Crippen LogP contribution < -0.4 is 10.6 Å². The fourth-order valence-electron chi connectivity index (χ4n) is 2.71. The van der Waals surface area contributed by atoms with Gasteiger partial charge in [0.1, 0.15) is 0 Å². The molecule has 1 unspecified atom stereocenters. The number of nitrogens with zero attached hydrogens (tertiary/aromatic N) is 1. The van der Waals surface area contributed by atoms with Crippen LogP contribution in [-0.2, 0) is 13.2 Å². The molecular formula is C20H28IN3O. The molecule has 2 rings (SSSR count). The average molecular weight is 453 g/mol. The van der Waals surface area contributed by atoms with Crippen molar-refractivity contribution >= 4 is 29.9 Å². The number of aryl methyl sites for hydroxylation is 1. The highest BCUT2D eigenvalue weighted by Gasteiger charge is 2.10. The summed E-state index contributed by atoms with van der Waals surface area (Å²) in [4.78, 5) is 4.67. The summed E-state index contributed by atoms with van der Waals surface area (Å²) >= 11 is 0. The first-order valence-electron chi connectivity index (χ1n) is 8.43. The minimum atomic E-state index is 0. The Bertz CT molecular complexity index is 688. The summed E-state index contributed by atoms with van der Waals surface area (Å²) in [5.41, 5.74) is 4.49. The van der Waals surface area contributed by atoms with Crippen LogP contribution in [0.15, 0.2) is 53.5 Å². The zero-order chi connectivity index (χ0) is 17.4. The zero-order valence-corrected chi connectivity index (χ0v) is 17.5. The molecule has 0 saturated heterocycles. The van der Waals surface area contributed by atoms with Crippen LogP contribution in [0.3, 0.4) is 0 Å². The second kappa shape index (κ2) is 11.1. The van der Waals surface area contributed by atoms with Crippen LogP contribution >= 0.6 is 24.0 Å². The van der Waals surface area contributed by atoms with Crippen LogP contribution in [0.25, 0.3) is 0 Å². The van der Waals surface area contributed by atoms with Gasteiger partial charge in [0, 0.05) is 6.54 Å². The molecule has 3 N–H and O–H groups in total. The molecule has 0 spiro atoms. The van der Waals surface area contributed by atoms with Gasteiger partial charge in [0.25, 0.3) is 0 Å². The summed E-state index contributed by atoms with van der Waals surface area (Å²) in [5, 5.41) is 16.2. The van der Waals surface area contributed by atoms with Gasteiger partial charge in [-0.1, -0.05) is 48.5 Å². The van der Waals surface area contributed by atoms with Gasteiger partial charge in [-0.15, -0.1) is 24.0 Å². The van der Waals surface area contributed by atoms with E-state index in [1.54, 1.807) is 0 Å². The van der Waals surface area contributed by atoms with E-state index in [9.17, 15) is 5.11 Å². The van der Waals surface area contributed by atoms with E-state index < -0.39 is 0 Å². The molecular weight excluding hydrogens is 425 g/mol. The van der Waals surface area contributed by atoms with Crippen molar-refractivity contribution in [1.82, 2.24) is 10.6 Å². The summed E-state index contributed by atoms with van der Waals surface area (Å²) in [6.45, 7) is 7.68. The number of hydrogen-bond acceptors (Lipinski definition) is 2. The highest BCUT2D eigenvalue weighted by atomic mass is 127. The van der Waals surface area contributed by atoms with Crippen molar-refractivity contribution in [2.45, 2.75) is 40.0 Å². The number of nitrogens with one attached hydrogen (secondary N) is 2. The maximum Gasteiger partial charge on any atom is 0.192 e. The molecule has 0 aromatic heterocycles. The summed E-state index contributed by atoms with van der Waals surface area (Å²) < 4.78 is 0. The van der Waals surface area contributed by atoms with E-state index in [0.29, 0.717) is 6.54 Å². The molecule has 2 aromatic carbocycles. The van der Waals surface area contributed by atoms with Crippen molar-refractivity contribution in [1.29, 1.82) is 0 Å². The molecule has 0 fully saturated rings. The van der Waals surface area contributed by atoms with Crippen molar-refractivity contribution in [2.75, 3.05) is 6.54 Å². The number of benzene rings is 2. The predicted molar refractivity (Wildman–Crippen MR) is 115 cm³/mol. The molecule has 25 heavy (non-hydrogen) atoms. The summed E-state index contributed by atoms with van der Waals surface area (Å²) in [5.74, 6) is 0.779. The van der Waals surface area contributed by atoms with E-state index in [2.05, 4.69) is 60.7 Å². The Morgan fingerprint density at radius 1 is 1.08 bits per heavy atom. The fraction of sp³-hybridized carbons (Fsp3) is 0.350. The van der Waals surface area contributed by atoms with E-state index in [0.717, 1.165) is 23.6 Å². The quantitative estimate of drug-likeness (QED) is 0.353. The van der Waals surface area contributed by atoms with Crippen LogP contribution in [0.5, 0.6) is 0 Å². The topological polar surface area (TPSA) is 56.7 Å². The standard InChI is InChI=1S/C20H27N3O.HI/c1-4-21-20(22-13-17-10-6-7-11-18(17)14-24)23-16(3)19-12-8-5-9-15(19)2;/h5-12,16,24H,4,13-14H2,1-3H3,(H2,21,22,23);1H. The maximum absolute atomic E-state index is 9.43. The molecule has 0 amide bonds. The Morgan fingerprint density at radius 3 is 2.36 bits per heavy atom. The number of aliphatic imine (C=N–C) groups is 1. The molecule has 0 bridgehead atoms. The van der Waals surface area contributed by atoms with Gasteiger partial charge < -0.3 is 15.7 Å². The lowest BCUT2D eigenvalue weighted by Gasteiger charge is -2.20. The second-order valence-corrected chi connectivity index (χ2v) is 5.84. The Kier molecular flexibility index (Phi) is 9.52. The van der Waals surface area contributed by atoms with Gasteiger partial charge in [0.15, 0.2) is 5.96 Å². The van der Waals surface area contributed by atoms with E-state index in [-0.39, 0.29) is 36.6 Å². The molecule has 136 valence electrons. The van der Waals surface area contributed by atoms with E-state index in [1.807, 2.05) is 24.3 Å². The smallest absolute Gasteiger partial charge is 0.192 e. The third-order valence-corrected chi connectivity index (χ3v) is 4.05. The van der Waals surface area contributed by atoms with Crippen LogP contribution in [0.4, 0.5) is 0 Å². The highest BCUT2D eigenvalue weighted by Crippen LogP contribution is 2.16. The first-order valence-corrected chi connectivity index (χ1v) is 8.43. The Balaban J connectivity index is 0.00000312. The summed E-state index contributed by atoms with van der Waals surface area (Å²) in [7, 11) is 0. The molecule has 4 nitrogen and oxygen atoms in total. The van der Waals surface area contributed by atoms with Crippen LogP contribution in [-0.4, -0.2) is 17.6 Å². The monoisotopic (exact) mass is 453 g/mol. The minimum Gasteiger partial charge on any atom is -0.392 e. The largest absolute Gasteiger partial charge is 0.392 e. The number of guanidine groups is 1. The number of aliphatic hydroxyl groups excluding tert-OH is 1. The predicted octanol–water partition coefficient (Wildman–Crippen LogP) is 3.92. The Morgan fingerprint density at radius 2 is 1.72 bits per heavy atom. The van der Waals surface area contributed by atoms with Crippen molar-refractivity contribution in [3.05, 3.63) is 70.8 Å². The molecule has 0 radical (unpaired) electrons. The molecule has 0 aliphatic carbocycles. The second-order valence-electron chi connectivity index (χ2n) is 5.84. The molecule has 0 heterocycles. The third-order valence-electron chi connectivity index (χ3n) is 4.05. The van der Waals surface area contributed by atoms with Gasteiger partial charge in [0.05, 0.1) is 19.2 Å². The van der Waals surface area contributed by atoms with Crippen molar-refractivity contribution in [2.24, 2.45) is 4.99 Å². The number of aliphatic hydroxyl groups is 1. The van der Waals surface area contributed by atoms with Gasteiger partial charge in [-0.25, -0.2) is 4.99 Å². The van der Waals surface area contributed by atoms with E-state index in [1.165, 1.54) is 11.1 Å². The molecule has 0 saturated carbocycles. The Labute approximate surface area is 167 Å². The van der Waals surface area contributed by atoms with Gasteiger partial charge in [0.2, 0.25) is 0 Å². The van der Waals surface area contributed by atoms with E-state index in [4.69, 9.17) is 0 Å². The molecule has 0 aliphatic heterocycles. The first kappa shape index (κ1) is 21.4. The van der Waals surface area contributed by atoms with Gasteiger partial charge in [-0.2, -0.15) is 0 Å². The molecule has 5 heteroatoms. The lowest BCUT2D eigenvalue weighted by Crippen LogP contribution is -2.38. The third kappa shape index (κ3) is 6.32. The lowest BCUT2D eigenvalue weighted by atomic mass is 10.0. The highest BCUT2D eigenvalue weighted by molar-refractivity contribution is 14.0. The van der Waals surface area contributed by atoms with Crippen molar-refractivity contribution < 1.29 is 5.11 Å². The lowest BCUT2D eigenvalue weighted by molar-refractivity contribution is 0.280. The number of halogens is 1. The number of hydrogen-bond donors (Lipinski definition) is 3.